The number of carbonyl (C=O) groups excluding carboxylic acids is 2. The number of ether oxygens (including phenoxy) is 1. The van der Waals surface area contributed by atoms with Gasteiger partial charge in [0, 0.05) is 45.5 Å². The van der Waals surface area contributed by atoms with E-state index in [1.807, 2.05) is 47.4 Å². The van der Waals surface area contributed by atoms with E-state index in [1.54, 1.807) is 23.1 Å². The summed E-state index contributed by atoms with van der Waals surface area (Å²) in [6.07, 6.45) is 1.78. The van der Waals surface area contributed by atoms with Crippen molar-refractivity contribution < 1.29 is 14.3 Å². The topological polar surface area (TPSA) is 69.2 Å². The van der Waals surface area contributed by atoms with Crippen LogP contribution < -0.4 is 14.5 Å². The number of benzene rings is 1. The Morgan fingerprint density at radius 3 is 2.48 bits per heavy atom. The maximum absolute atomic E-state index is 12.8. The molecule has 2 aliphatic heterocycles. The molecule has 2 saturated heterocycles. The number of anilines is 2. The third-order valence-electron chi connectivity index (χ3n) is 5.40. The number of rotatable bonds is 5. The van der Waals surface area contributed by atoms with Gasteiger partial charge in [-0.05, 0) is 24.3 Å². The molecule has 0 unspecified atom stereocenters. The van der Waals surface area contributed by atoms with Crippen molar-refractivity contribution in [2.45, 2.75) is 0 Å². The smallest absolute Gasteiger partial charge is 0.325 e. The Labute approximate surface area is 170 Å². The molecule has 0 saturated carbocycles. The zero-order chi connectivity index (χ0) is 20.2. The van der Waals surface area contributed by atoms with Crippen LogP contribution in [0.25, 0.3) is 0 Å². The number of amides is 3. The summed E-state index contributed by atoms with van der Waals surface area (Å²) in [6.45, 7) is 3.92. The van der Waals surface area contributed by atoms with Crippen LogP contribution >= 0.6 is 0 Å². The van der Waals surface area contributed by atoms with E-state index in [0.29, 0.717) is 31.9 Å². The number of methoxy groups -OCH3 is 1. The van der Waals surface area contributed by atoms with Gasteiger partial charge in [0.15, 0.2) is 0 Å². The number of piperazine rings is 1. The predicted octanol–water partition coefficient (Wildman–Crippen LogP) is 1.68. The van der Waals surface area contributed by atoms with Crippen LogP contribution in [0, 0.1) is 0 Å². The van der Waals surface area contributed by atoms with Crippen molar-refractivity contribution in [3.8, 4) is 5.75 Å². The number of nitrogens with zero attached hydrogens (tertiary/aromatic N) is 5. The van der Waals surface area contributed by atoms with Gasteiger partial charge in [0.2, 0.25) is 5.91 Å². The SMILES string of the molecule is COc1ccccc1N1CCN(CC(=O)N2CCN(c3ccccn3)CC2)C1=O. The van der Waals surface area contributed by atoms with Crippen molar-refractivity contribution in [1.29, 1.82) is 0 Å². The molecular formula is C21H25N5O3. The standard InChI is InChI=1S/C21H25N5O3/c1-29-18-7-3-2-6-17(18)26-15-14-25(21(26)28)16-20(27)24-12-10-23(11-13-24)19-8-4-5-9-22-19/h2-9H,10-16H2,1H3. The van der Waals surface area contributed by atoms with Crippen molar-refractivity contribution >= 4 is 23.4 Å². The first-order valence-corrected chi connectivity index (χ1v) is 9.80. The quantitative estimate of drug-likeness (QED) is 0.771. The Bertz CT molecular complexity index is 868. The highest BCUT2D eigenvalue weighted by Gasteiger charge is 2.33. The minimum absolute atomic E-state index is 0.0131. The van der Waals surface area contributed by atoms with Gasteiger partial charge in [0.1, 0.15) is 18.1 Å². The van der Waals surface area contributed by atoms with Crippen molar-refractivity contribution in [3.63, 3.8) is 0 Å². The van der Waals surface area contributed by atoms with Crippen LogP contribution in [0.4, 0.5) is 16.3 Å². The first-order valence-electron chi connectivity index (χ1n) is 9.80. The van der Waals surface area contributed by atoms with Crippen LogP contribution in [0.5, 0.6) is 5.75 Å². The fraction of sp³-hybridized carbons (Fsp3) is 0.381. The van der Waals surface area contributed by atoms with Crippen molar-refractivity contribution in [2.75, 3.05) is 62.7 Å². The molecule has 0 spiro atoms. The second-order valence-corrected chi connectivity index (χ2v) is 7.08. The number of carbonyl (C=O) groups is 2. The molecule has 3 amide bonds. The number of pyridine rings is 1. The van der Waals surface area contributed by atoms with Crippen molar-refractivity contribution in [2.24, 2.45) is 0 Å². The molecule has 8 heteroatoms. The van der Waals surface area contributed by atoms with Gasteiger partial charge in [-0.3, -0.25) is 9.69 Å². The Hall–Kier alpha value is -3.29. The molecule has 0 atom stereocenters. The molecule has 4 rings (SSSR count). The monoisotopic (exact) mass is 395 g/mol. The zero-order valence-electron chi connectivity index (χ0n) is 16.5. The van der Waals surface area contributed by atoms with Crippen LogP contribution in [0.1, 0.15) is 0 Å². The van der Waals surface area contributed by atoms with E-state index in [9.17, 15) is 9.59 Å². The maximum Gasteiger partial charge on any atom is 0.325 e. The lowest BCUT2D eigenvalue weighted by atomic mass is 10.2. The summed E-state index contributed by atoms with van der Waals surface area (Å²) in [6, 6.07) is 13.1. The number of hydrogen-bond acceptors (Lipinski definition) is 5. The number of aromatic nitrogens is 1. The lowest BCUT2D eigenvalue weighted by Gasteiger charge is -2.36. The minimum atomic E-state index is -0.157. The highest BCUT2D eigenvalue weighted by Crippen LogP contribution is 2.30. The minimum Gasteiger partial charge on any atom is -0.495 e. The third kappa shape index (κ3) is 3.96. The highest BCUT2D eigenvalue weighted by molar-refractivity contribution is 5.97. The molecule has 8 nitrogen and oxygen atoms in total. The summed E-state index contributed by atoms with van der Waals surface area (Å²) in [4.78, 5) is 37.3. The van der Waals surface area contributed by atoms with E-state index < -0.39 is 0 Å². The molecule has 0 N–H and O–H groups in total. The molecule has 1 aromatic carbocycles. The van der Waals surface area contributed by atoms with E-state index in [-0.39, 0.29) is 18.5 Å². The Morgan fingerprint density at radius 1 is 1.00 bits per heavy atom. The van der Waals surface area contributed by atoms with Crippen LogP contribution in [0.15, 0.2) is 48.7 Å². The van der Waals surface area contributed by atoms with E-state index in [2.05, 4.69) is 9.88 Å². The number of para-hydroxylation sites is 2. The molecule has 2 aromatic rings. The second-order valence-electron chi connectivity index (χ2n) is 7.08. The van der Waals surface area contributed by atoms with E-state index in [4.69, 9.17) is 4.74 Å². The van der Waals surface area contributed by atoms with Crippen LogP contribution in [-0.4, -0.2) is 79.6 Å². The van der Waals surface area contributed by atoms with Gasteiger partial charge in [-0.1, -0.05) is 18.2 Å². The van der Waals surface area contributed by atoms with Gasteiger partial charge in [0.25, 0.3) is 0 Å². The summed E-state index contributed by atoms with van der Waals surface area (Å²) in [7, 11) is 1.59. The summed E-state index contributed by atoms with van der Waals surface area (Å²) < 4.78 is 5.37. The summed E-state index contributed by atoms with van der Waals surface area (Å²) in [5.41, 5.74) is 0.735. The predicted molar refractivity (Wildman–Crippen MR) is 110 cm³/mol. The molecule has 0 aliphatic carbocycles. The zero-order valence-corrected chi connectivity index (χ0v) is 16.5. The number of urea groups is 1. The molecule has 0 bridgehead atoms. The molecule has 1 aromatic heterocycles. The van der Waals surface area contributed by atoms with Crippen LogP contribution in [0.2, 0.25) is 0 Å². The number of hydrogen-bond donors (Lipinski definition) is 0. The average Bonchev–Trinajstić information content (AvgIpc) is 3.14. The summed E-state index contributed by atoms with van der Waals surface area (Å²) >= 11 is 0. The average molecular weight is 395 g/mol. The lowest BCUT2D eigenvalue weighted by molar-refractivity contribution is -0.131. The molecule has 2 fully saturated rings. The third-order valence-corrected chi connectivity index (χ3v) is 5.40. The first kappa shape index (κ1) is 19.0. The summed E-state index contributed by atoms with van der Waals surface area (Å²) in [5.74, 6) is 1.57. The molecule has 2 aliphatic rings. The Balaban J connectivity index is 1.33. The largest absolute Gasteiger partial charge is 0.495 e. The fourth-order valence-electron chi connectivity index (χ4n) is 3.79. The van der Waals surface area contributed by atoms with E-state index >= 15 is 0 Å². The van der Waals surface area contributed by atoms with Gasteiger partial charge in [0.05, 0.1) is 12.8 Å². The Kier molecular flexibility index (Phi) is 5.50. The Morgan fingerprint density at radius 2 is 1.76 bits per heavy atom. The van der Waals surface area contributed by atoms with Gasteiger partial charge in [-0.2, -0.15) is 0 Å². The van der Waals surface area contributed by atoms with Gasteiger partial charge in [-0.15, -0.1) is 0 Å². The normalized spacial score (nSPS) is 17.1. The summed E-state index contributed by atoms with van der Waals surface area (Å²) in [5, 5.41) is 0. The van der Waals surface area contributed by atoms with Crippen molar-refractivity contribution in [3.05, 3.63) is 48.7 Å². The fourth-order valence-corrected chi connectivity index (χ4v) is 3.79. The van der Waals surface area contributed by atoms with Crippen LogP contribution in [-0.2, 0) is 4.79 Å². The molecular weight excluding hydrogens is 370 g/mol. The maximum atomic E-state index is 12.8. The lowest BCUT2D eigenvalue weighted by Crippen LogP contribution is -2.51. The molecule has 0 radical (unpaired) electrons. The molecule has 3 heterocycles. The van der Waals surface area contributed by atoms with Gasteiger partial charge in [-0.25, -0.2) is 9.78 Å². The molecule has 152 valence electrons. The van der Waals surface area contributed by atoms with E-state index in [1.165, 1.54) is 0 Å². The van der Waals surface area contributed by atoms with Crippen molar-refractivity contribution in [1.82, 2.24) is 14.8 Å². The van der Waals surface area contributed by atoms with Gasteiger partial charge >= 0.3 is 6.03 Å². The highest BCUT2D eigenvalue weighted by atomic mass is 16.5. The molecule has 29 heavy (non-hydrogen) atoms. The van der Waals surface area contributed by atoms with E-state index in [0.717, 1.165) is 24.6 Å². The first-order chi connectivity index (χ1) is 14.2. The van der Waals surface area contributed by atoms with Crippen LogP contribution in [0.3, 0.4) is 0 Å². The van der Waals surface area contributed by atoms with Gasteiger partial charge < -0.3 is 19.4 Å². The second kappa shape index (κ2) is 8.38.